The van der Waals surface area contributed by atoms with Gasteiger partial charge in [0.2, 0.25) is 5.95 Å². The first-order chi connectivity index (χ1) is 14.3. The van der Waals surface area contributed by atoms with Gasteiger partial charge in [0.25, 0.3) is 0 Å². The minimum atomic E-state index is -0.965. The van der Waals surface area contributed by atoms with E-state index in [4.69, 9.17) is 9.47 Å². The molecule has 2 rings (SSSR count). The summed E-state index contributed by atoms with van der Waals surface area (Å²) >= 11 is 0. The van der Waals surface area contributed by atoms with E-state index >= 15 is 0 Å². The maximum Gasteiger partial charge on any atom is 0.327 e. The fourth-order valence-corrected chi connectivity index (χ4v) is 2.49. The molecule has 0 saturated heterocycles. The predicted octanol–water partition coefficient (Wildman–Crippen LogP) is 2.94. The van der Waals surface area contributed by atoms with Crippen LogP contribution in [0.5, 0.6) is 5.75 Å². The molecule has 1 aromatic carbocycles. The smallest absolute Gasteiger partial charge is 0.327 e. The second-order valence-corrected chi connectivity index (χ2v) is 7.37. The van der Waals surface area contributed by atoms with Gasteiger partial charge in [0.05, 0.1) is 24.4 Å². The lowest BCUT2D eigenvalue weighted by Gasteiger charge is -2.27. The minimum Gasteiger partial charge on any atom is -0.497 e. The van der Waals surface area contributed by atoms with Crippen molar-refractivity contribution in [2.45, 2.75) is 38.8 Å². The van der Waals surface area contributed by atoms with E-state index in [2.05, 4.69) is 20.6 Å². The highest BCUT2D eigenvalue weighted by Gasteiger charge is 2.24. The zero-order chi connectivity index (χ0) is 22.1. The van der Waals surface area contributed by atoms with Gasteiger partial charge in [0, 0.05) is 32.5 Å². The average molecular weight is 418 g/mol. The topological polar surface area (TPSA) is 109 Å². The molecule has 0 aliphatic carbocycles. The molecule has 0 aliphatic rings. The van der Waals surface area contributed by atoms with Crippen LogP contribution in [0.4, 0.5) is 22.2 Å². The van der Waals surface area contributed by atoms with E-state index in [9.17, 15) is 9.90 Å². The quantitative estimate of drug-likeness (QED) is 0.510. The van der Waals surface area contributed by atoms with Crippen molar-refractivity contribution in [1.82, 2.24) is 15.3 Å². The van der Waals surface area contributed by atoms with Crippen LogP contribution in [0.3, 0.4) is 0 Å². The largest absolute Gasteiger partial charge is 0.497 e. The molecule has 3 N–H and O–H groups in total. The SMILES string of the molecule is COCCCNC(=O)N(c1ccc(OC)cc1)c1ccnc(N[C@@H](C)C(C)(C)O)n1. The second kappa shape index (κ2) is 10.7. The van der Waals surface area contributed by atoms with E-state index in [0.717, 1.165) is 0 Å². The first kappa shape index (κ1) is 23.4. The number of nitrogens with one attached hydrogen (secondary N) is 2. The van der Waals surface area contributed by atoms with Crippen LogP contribution in [0.15, 0.2) is 36.5 Å². The average Bonchev–Trinajstić information content (AvgIpc) is 2.71. The Labute approximate surface area is 177 Å². The van der Waals surface area contributed by atoms with Gasteiger partial charge < -0.3 is 25.2 Å². The summed E-state index contributed by atoms with van der Waals surface area (Å²) in [6.07, 6.45) is 2.26. The number of carbonyl (C=O) groups is 1. The number of hydrogen-bond acceptors (Lipinski definition) is 7. The van der Waals surface area contributed by atoms with Gasteiger partial charge in [-0.25, -0.2) is 14.7 Å². The zero-order valence-corrected chi connectivity index (χ0v) is 18.2. The van der Waals surface area contributed by atoms with Gasteiger partial charge in [0.15, 0.2) is 0 Å². The number of hydrogen-bond donors (Lipinski definition) is 3. The Hall–Kier alpha value is -2.91. The molecule has 0 aliphatic heterocycles. The van der Waals surface area contributed by atoms with E-state index in [1.807, 2.05) is 6.92 Å². The molecule has 0 unspecified atom stereocenters. The number of amides is 2. The lowest BCUT2D eigenvalue weighted by atomic mass is 10.0. The first-order valence-corrected chi connectivity index (χ1v) is 9.79. The summed E-state index contributed by atoms with van der Waals surface area (Å²) in [5.41, 5.74) is -0.339. The van der Waals surface area contributed by atoms with Gasteiger partial charge in [0.1, 0.15) is 11.6 Å². The standard InChI is InChI=1S/C21H31N5O4/c1-15(21(2,3)28)24-19-22-13-11-18(25-19)26(20(27)23-12-6-14-29-4)16-7-9-17(30-5)10-8-16/h7-11,13,15,28H,6,12,14H2,1-5H3,(H,23,27)(H,22,24,25)/t15-/m0/s1. The molecular weight excluding hydrogens is 386 g/mol. The number of ether oxygens (including phenoxy) is 2. The van der Waals surface area contributed by atoms with Gasteiger partial charge in [-0.1, -0.05) is 0 Å². The number of benzene rings is 1. The van der Waals surface area contributed by atoms with Crippen LogP contribution in [0, 0.1) is 0 Å². The molecule has 1 aromatic heterocycles. The maximum absolute atomic E-state index is 13.0. The van der Waals surface area contributed by atoms with E-state index in [1.165, 1.54) is 4.90 Å². The number of nitrogens with zero attached hydrogens (tertiary/aromatic N) is 3. The molecule has 2 aromatic rings. The predicted molar refractivity (Wildman–Crippen MR) is 116 cm³/mol. The second-order valence-electron chi connectivity index (χ2n) is 7.37. The number of methoxy groups -OCH3 is 2. The van der Waals surface area contributed by atoms with Crippen LogP contribution in [0.2, 0.25) is 0 Å². The molecule has 0 saturated carbocycles. The molecule has 164 valence electrons. The van der Waals surface area contributed by atoms with Crippen LogP contribution >= 0.6 is 0 Å². The van der Waals surface area contributed by atoms with E-state index in [1.54, 1.807) is 64.6 Å². The molecule has 9 nitrogen and oxygen atoms in total. The molecule has 0 fully saturated rings. The highest BCUT2D eigenvalue weighted by molar-refractivity contribution is 5.98. The van der Waals surface area contributed by atoms with Gasteiger partial charge >= 0.3 is 6.03 Å². The van der Waals surface area contributed by atoms with Gasteiger partial charge in [-0.2, -0.15) is 4.98 Å². The Morgan fingerprint density at radius 1 is 1.23 bits per heavy atom. The third-order valence-corrected chi connectivity index (χ3v) is 4.61. The highest BCUT2D eigenvalue weighted by Crippen LogP contribution is 2.27. The summed E-state index contributed by atoms with van der Waals surface area (Å²) in [5.74, 6) is 1.39. The Morgan fingerprint density at radius 2 is 1.93 bits per heavy atom. The molecule has 0 bridgehead atoms. The summed E-state index contributed by atoms with van der Waals surface area (Å²) in [5, 5.41) is 16.1. The molecule has 1 heterocycles. The summed E-state index contributed by atoms with van der Waals surface area (Å²) < 4.78 is 10.2. The Kier molecular flexibility index (Phi) is 8.37. The number of rotatable bonds is 10. The van der Waals surface area contributed by atoms with Crippen molar-refractivity contribution in [3.05, 3.63) is 36.5 Å². The molecule has 1 atom stereocenters. The zero-order valence-electron chi connectivity index (χ0n) is 18.2. The summed E-state index contributed by atoms with van der Waals surface area (Å²) in [6, 6.07) is 8.14. The van der Waals surface area contributed by atoms with Crippen molar-refractivity contribution in [3.8, 4) is 5.75 Å². The van der Waals surface area contributed by atoms with Crippen LogP contribution in [-0.4, -0.2) is 60.1 Å². The number of aliphatic hydroxyl groups is 1. The number of carbonyl (C=O) groups excluding carboxylic acids is 1. The van der Waals surface area contributed by atoms with Gasteiger partial charge in [-0.05, 0) is 51.5 Å². The minimum absolute atomic E-state index is 0.301. The molecule has 0 spiro atoms. The van der Waals surface area contributed by atoms with Crippen LogP contribution in [-0.2, 0) is 4.74 Å². The van der Waals surface area contributed by atoms with Crippen molar-refractivity contribution >= 4 is 23.5 Å². The number of anilines is 3. The first-order valence-electron chi connectivity index (χ1n) is 9.79. The maximum atomic E-state index is 13.0. The van der Waals surface area contributed by atoms with Gasteiger partial charge in [-0.15, -0.1) is 0 Å². The van der Waals surface area contributed by atoms with Crippen molar-refractivity contribution in [1.29, 1.82) is 0 Å². The molecular formula is C21H31N5O4. The van der Waals surface area contributed by atoms with E-state index < -0.39 is 5.60 Å². The Balaban J connectivity index is 2.31. The van der Waals surface area contributed by atoms with Crippen molar-refractivity contribution < 1.29 is 19.4 Å². The van der Waals surface area contributed by atoms with Crippen molar-refractivity contribution in [2.75, 3.05) is 37.6 Å². The van der Waals surface area contributed by atoms with Crippen LogP contribution < -0.4 is 20.3 Å². The molecule has 0 radical (unpaired) electrons. The third kappa shape index (κ3) is 6.57. The fourth-order valence-electron chi connectivity index (χ4n) is 2.49. The number of urea groups is 1. The monoisotopic (exact) mass is 417 g/mol. The molecule has 2 amide bonds. The Bertz CT molecular complexity index is 808. The van der Waals surface area contributed by atoms with E-state index in [0.29, 0.717) is 42.8 Å². The lowest BCUT2D eigenvalue weighted by molar-refractivity contribution is 0.0646. The number of aromatic nitrogens is 2. The van der Waals surface area contributed by atoms with E-state index in [-0.39, 0.29) is 12.1 Å². The van der Waals surface area contributed by atoms with Crippen LogP contribution in [0.25, 0.3) is 0 Å². The lowest BCUT2D eigenvalue weighted by Crippen LogP contribution is -2.40. The summed E-state index contributed by atoms with van der Waals surface area (Å²) in [7, 11) is 3.21. The summed E-state index contributed by atoms with van der Waals surface area (Å²) in [4.78, 5) is 23.1. The molecule has 30 heavy (non-hydrogen) atoms. The highest BCUT2D eigenvalue weighted by atomic mass is 16.5. The summed E-state index contributed by atoms with van der Waals surface area (Å²) in [6.45, 7) is 6.25. The van der Waals surface area contributed by atoms with Crippen molar-refractivity contribution in [2.24, 2.45) is 0 Å². The van der Waals surface area contributed by atoms with Gasteiger partial charge in [-0.3, -0.25) is 0 Å². The third-order valence-electron chi connectivity index (χ3n) is 4.61. The van der Waals surface area contributed by atoms with Crippen molar-refractivity contribution in [3.63, 3.8) is 0 Å². The normalized spacial score (nSPS) is 12.2. The fraction of sp³-hybridized carbons (Fsp3) is 0.476. The van der Waals surface area contributed by atoms with Crippen LogP contribution in [0.1, 0.15) is 27.2 Å². The Morgan fingerprint density at radius 3 is 2.53 bits per heavy atom. The molecule has 9 heteroatoms.